The maximum Gasteiger partial charge on any atom is 0.410 e. The summed E-state index contributed by atoms with van der Waals surface area (Å²) in [7, 11) is 0. The highest BCUT2D eigenvalue weighted by Gasteiger charge is 2.27. The van der Waals surface area contributed by atoms with Crippen LogP contribution < -0.4 is 0 Å². The monoisotopic (exact) mass is 452 g/mol. The van der Waals surface area contributed by atoms with E-state index in [1.165, 1.54) is 10.6 Å². The summed E-state index contributed by atoms with van der Waals surface area (Å²) in [5, 5.41) is 1.53. The normalized spacial score (nSPS) is 14.7. The van der Waals surface area contributed by atoms with E-state index < -0.39 is 5.60 Å². The molecule has 0 unspecified atom stereocenters. The van der Waals surface area contributed by atoms with Gasteiger partial charge in [0.1, 0.15) is 5.60 Å². The average molecular weight is 453 g/mol. The van der Waals surface area contributed by atoms with Gasteiger partial charge >= 0.3 is 6.09 Å². The molecular formula is C27H36N2O4. The number of benzene rings is 2. The highest BCUT2D eigenvalue weighted by atomic mass is 16.7. The number of piperidine rings is 1. The molecule has 0 radical (unpaired) electrons. The van der Waals surface area contributed by atoms with Gasteiger partial charge in [0.25, 0.3) is 5.91 Å². The molecule has 178 valence electrons. The number of rotatable bonds is 8. The molecule has 0 saturated carbocycles. The molecule has 1 saturated heterocycles. The van der Waals surface area contributed by atoms with Crippen molar-refractivity contribution in [3.63, 3.8) is 0 Å². The van der Waals surface area contributed by atoms with E-state index in [1.54, 1.807) is 4.90 Å². The van der Waals surface area contributed by atoms with E-state index in [-0.39, 0.29) is 12.0 Å². The van der Waals surface area contributed by atoms with Crippen LogP contribution in [0, 0.1) is 5.92 Å². The molecule has 1 aliphatic heterocycles. The Kier molecular flexibility index (Phi) is 8.89. The maximum absolute atomic E-state index is 13.0. The molecule has 6 nitrogen and oxygen atoms in total. The molecule has 1 heterocycles. The summed E-state index contributed by atoms with van der Waals surface area (Å²) in [6, 6.07) is 19.9. The highest BCUT2D eigenvalue weighted by Crippen LogP contribution is 2.20. The number of carbonyl (C=O) groups is 2. The molecule has 2 aromatic rings. The first-order valence-electron chi connectivity index (χ1n) is 11.8. The molecule has 33 heavy (non-hydrogen) atoms. The molecule has 0 spiro atoms. The van der Waals surface area contributed by atoms with Gasteiger partial charge in [0.15, 0.2) is 0 Å². The highest BCUT2D eigenvalue weighted by molar-refractivity contribution is 5.77. The zero-order valence-electron chi connectivity index (χ0n) is 20.0. The maximum atomic E-state index is 13.0. The Labute approximate surface area is 197 Å². The number of likely N-dealkylation sites (tertiary alicyclic amines) is 1. The van der Waals surface area contributed by atoms with Gasteiger partial charge in [-0.25, -0.2) is 9.86 Å². The average Bonchev–Trinajstić information content (AvgIpc) is 2.79. The summed E-state index contributed by atoms with van der Waals surface area (Å²) in [5.41, 5.74) is 1.65. The Balaban J connectivity index is 1.52. The SMILES string of the molecule is CC(C)(C)OC(=O)N1CCC(CON(CCc2ccccc2)C(=O)Cc2ccccc2)CC1. The number of nitrogens with zero attached hydrogens (tertiary/aromatic N) is 2. The number of amides is 2. The predicted octanol–water partition coefficient (Wildman–Crippen LogP) is 4.88. The fourth-order valence-corrected chi connectivity index (χ4v) is 3.80. The Morgan fingerprint density at radius 3 is 2.09 bits per heavy atom. The van der Waals surface area contributed by atoms with E-state index >= 15 is 0 Å². The van der Waals surface area contributed by atoms with Crippen LogP contribution in [0.1, 0.15) is 44.7 Å². The van der Waals surface area contributed by atoms with Crippen LogP contribution in [-0.2, 0) is 27.2 Å². The smallest absolute Gasteiger partial charge is 0.410 e. The van der Waals surface area contributed by atoms with Gasteiger partial charge < -0.3 is 9.64 Å². The van der Waals surface area contributed by atoms with Crippen LogP contribution in [0.25, 0.3) is 0 Å². The third-order valence-corrected chi connectivity index (χ3v) is 5.66. The van der Waals surface area contributed by atoms with Crippen molar-refractivity contribution in [3.05, 3.63) is 71.8 Å². The number of hydrogen-bond acceptors (Lipinski definition) is 4. The second kappa shape index (κ2) is 11.8. The molecule has 3 rings (SSSR count). The van der Waals surface area contributed by atoms with Crippen LogP contribution >= 0.6 is 0 Å². The van der Waals surface area contributed by atoms with Gasteiger partial charge in [0.2, 0.25) is 0 Å². The quantitative estimate of drug-likeness (QED) is 0.536. The Morgan fingerprint density at radius 1 is 0.939 bits per heavy atom. The first kappa shape index (κ1) is 24.8. The Bertz CT molecular complexity index is 872. The summed E-state index contributed by atoms with van der Waals surface area (Å²) in [6.45, 7) is 7.89. The molecule has 1 aliphatic rings. The topological polar surface area (TPSA) is 59.1 Å². The number of ether oxygens (including phenoxy) is 1. The molecule has 0 aliphatic carbocycles. The van der Waals surface area contributed by atoms with Gasteiger partial charge in [-0.2, -0.15) is 0 Å². The van der Waals surface area contributed by atoms with Crippen molar-refractivity contribution >= 4 is 12.0 Å². The minimum absolute atomic E-state index is 0.0386. The van der Waals surface area contributed by atoms with Crippen molar-refractivity contribution in [2.75, 3.05) is 26.2 Å². The van der Waals surface area contributed by atoms with E-state index in [0.717, 1.165) is 24.8 Å². The van der Waals surface area contributed by atoms with Crippen molar-refractivity contribution in [2.24, 2.45) is 5.92 Å². The van der Waals surface area contributed by atoms with Gasteiger partial charge in [-0.3, -0.25) is 9.63 Å². The molecule has 0 atom stereocenters. The summed E-state index contributed by atoms with van der Waals surface area (Å²) in [4.78, 5) is 33.1. The van der Waals surface area contributed by atoms with Crippen molar-refractivity contribution in [1.29, 1.82) is 0 Å². The lowest BCUT2D eigenvalue weighted by Crippen LogP contribution is -2.43. The summed E-state index contributed by atoms with van der Waals surface area (Å²) in [5.74, 6) is 0.260. The van der Waals surface area contributed by atoms with Crippen LogP contribution in [0.3, 0.4) is 0 Å². The van der Waals surface area contributed by atoms with Gasteiger partial charge in [0.05, 0.1) is 19.6 Å². The number of carbonyl (C=O) groups excluding carboxylic acids is 2. The Hall–Kier alpha value is -2.86. The van der Waals surface area contributed by atoms with Crippen LogP contribution in [-0.4, -0.2) is 53.8 Å². The molecule has 2 amide bonds. The fourth-order valence-electron chi connectivity index (χ4n) is 3.80. The molecule has 0 aromatic heterocycles. The van der Waals surface area contributed by atoms with Gasteiger partial charge in [-0.05, 0) is 57.1 Å². The van der Waals surface area contributed by atoms with Crippen LogP contribution in [0.2, 0.25) is 0 Å². The van der Waals surface area contributed by atoms with Crippen molar-refractivity contribution in [1.82, 2.24) is 9.96 Å². The van der Waals surface area contributed by atoms with Crippen LogP contribution in [0.5, 0.6) is 0 Å². The number of hydrogen-bond donors (Lipinski definition) is 0. The molecule has 2 aromatic carbocycles. The lowest BCUT2D eigenvalue weighted by molar-refractivity contribution is -0.191. The first-order valence-corrected chi connectivity index (χ1v) is 11.8. The molecular weight excluding hydrogens is 416 g/mol. The summed E-state index contributed by atoms with van der Waals surface area (Å²) in [6.07, 6.45) is 2.45. The van der Waals surface area contributed by atoms with Crippen LogP contribution in [0.4, 0.5) is 4.79 Å². The van der Waals surface area contributed by atoms with E-state index in [1.807, 2.05) is 69.3 Å². The van der Waals surface area contributed by atoms with Crippen molar-refractivity contribution < 1.29 is 19.2 Å². The van der Waals surface area contributed by atoms with Crippen molar-refractivity contribution in [2.45, 2.75) is 52.1 Å². The second-order valence-electron chi connectivity index (χ2n) is 9.60. The van der Waals surface area contributed by atoms with E-state index in [0.29, 0.717) is 38.6 Å². The molecule has 6 heteroatoms. The standard InChI is InChI=1S/C27H36N2O4/c1-27(2,3)33-26(31)28-17-14-24(15-18-28)21-32-29(19-16-22-10-6-4-7-11-22)25(30)20-23-12-8-5-9-13-23/h4-13,24H,14-21H2,1-3H3. The predicted molar refractivity (Wildman–Crippen MR) is 128 cm³/mol. The van der Waals surface area contributed by atoms with Gasteiger partial charge in [-0.1, -0.05) is 60.7 Å². The zero-order valence-corrected chi connectivity index (χ0v) is 20.0. The van der Waals surface area contributed by atoms with Crippen LogP contribution in [0.15, 0.2) is 60.7 Å². The molecule has 0 N–H and O–H groups in total. The summed E-state index contributed by atoms with van der Waals surface area (Å²) >= 11 is 0. The van der Waals surface area contributed by atoms with E-state index in [2.05, 4.69) is 12.1 Å². The molecule has 1 fully saturated rings. The lowest BCUT2D eigenvalue weighted by Gasteiger charge is -2.34. The Morgan fingerprint density at radius 2 is 1.52 bits per heavy atom. The van der Waals surface area contributed by atoms with E-state index in [4.69, 9.17) is 9.57 Å². The lowest BCUT2D eigenvalue weighted by atomic mass is 9.98. The van der Waals surface area contributed by atoms with Gasteiger partial charge in [0, 0.05) is 13.1 Å². The molecule has 0 bridgehead atoms. The first-order chi connectivity index (χ1) is 15.8. The number of hydroxylamine groups is 2. The third-order valence-electron chi connectivity index (χ3n) is 5.66. The minimum Gasteiger partial charge on any atom is -0.444 e. The largest absolute Gasteiger partial charge is 0.444 e. The van der Waals surface area contributed by atoms with Crippen molar-refractivity contribution in [3.8, 4) is 0 Å². The van der Waals surface area contributed by atoms with Gasteiger partial charge in [-0.15, -0.1) is 0 Å². The third kappa shape index (κ3) is 8.54. The second-order valence-corrected chi connectivity index (χ2v) is 9.60. The zero-order chi connectivity index (χ0) is 23.7. The fraction of sp³-hybridized carbons (Fsp3) is 0.481. The summed E-state index contributed by atoms with van der Waals surface area (Å²) < 4.78 is 5.48. The minimum atomic E-state index is -0.491. The van der Waals surface area contributed by atoms with E-state index in [9.17, 15) is 9.59 Å².